The summed E-state index contributed by atoms with van der Waals surface area (Å²) < 4.78 is 1.66. The first-order valence-corrected chi connectivity index (χ1v) is 7.57. The maximum Gasteiger partial charge on any atom is 0.257 e. The average molecular weight is 299 g/mol. The van der Waals surface area contributed by atoms with Gasteiger partial charge in [0, 0.05) is 45.6 Å². The van der Waals surface area contributed by atoms with Crippen LogP contribution in [-0.4, -0.2) is 51.8 Å². The third-order valence-electron chi connectivity index (χ3n) is 4.26. The van der Waals surface area contributed by atoms with Gasteiger partial charge < -0.3 is 9.80 Å². The van der Waals surface area contributed by atoms with E-state index in [1.807, 2.05) is 43.4 Å². The fraction of sp³-hybridized carbons (Fsp3) is 0.438. The molecule has 1 aliphatic heterocycles. The van der Waals surface area contributed by atoms with Crippen molar-refractivity contribution in [3.8, 4) is 0 Å². The van der Waals surface area contributed by atoms with Gasteiger partial charge in [-0.3, -0.25) is 9.48 Å². The Kier molecular flexibility index (Phi) is 4.09. The molecule has 3 rings (SSSR count). The lowest BCUT2D eigenvalue weighted by atomic mass is 10.0. The molecule has 2 aromatic heterocycles. The van der Waals surface area contributed by atoms with Gasteiger partial charge in [-0.15, -0.1) is 0 Å². The van der Waals surface area contributed by atoms with Crippen molar-refractivity contribution in [2.75, 3.05) is 25.0 Å². The van der Waals surface area contributed by atoms with E-state index in [0.717, 1.165) is 31.7 Å². The predicted molar refractivity (Wildman–Crippen MR) is 84.8 cm³/mol. The number of carbonyl (C=O) groups excluding carboxylic acids is 1. The van der Waals surface area contributed by atoms with Crippen LogP contribution in [0.5, 0.6) is 0 Å². The van der Waals surface area contributed by atoms with E-state index in [1.54, 1.807) is 17.1 Å². The minimum absolute atomic E-state index is 0.0457. The van der Waals surface area contributed by atoms with Crippen LogP contribution in [0.25, 0.3) is 0 Å². The molecule has 1 fully saturated rings. The minimum Gasteiger partial charge on any atom is -0.356 e. The van der Waals surface area contributed by atoms with E-state index in [2.05, 4.69) is 15.0 Å². The second-order valence-electron chi connectivity index (χ2n) is 5.72. The van der Waals surface area contributed by atoms with Crippen molar-refractivity contribution in [2.45, 2.75) is 18.9 Å². The number of piperidine rings is 1. The third-order valence-corrected chi connectivity index (χ3v) is 4.26. The molecule has 116 valence electrons. The maximum absolute atomic E-state index is 12.5. The fourth-order valence-corrected chi connectivity index (χ4v) is 2.92. The van der Waals surface area contributed by atoms with Gasteiger partial charge in [-0.25, -0.2) is 4.98 Å². The second kappa shape index (κ2) is 6.17. The van der Waals surface area contributed by atoms with E-state index >= 15 is 0 Å². The number of carbonyl (C=O) groups is 1. The monoisotopic (exact) mass is 299 g/mol. The lowest BCUT2D eigenvalue weighted by Gasteiger charge is -2.37. The van der Waals surface area contributed by atoms with Gasteiger partial charge in [-0.1, -0.05) is 6.07 Å². The van der Waals surface area contributed by atoms with Gasteiger partial charge in [-0.2, -0.15) is 5.10 Å². The summed E-state index contributed by atoms with van der Waals surface area (Å²) in [5, 5.41) is 4.07. The zero-order chi connectivity index (χ0) is 15.5. The standard InChI is InChI=1S/C16H21N5O/c1-19-12-13(11-18-19)16(22)20(2)14-6-9-21(10-7-14)15-5-3-4-8-17-15/h3-5,8,11-12,14H,6-7,9-10H2,1-2H3. The molecule has 0 radical (unpaired) electrons. The van der Waals surface area contributed by atoms with E-state index in [9.17, 15) is 4.79 Å². The van der Waals surface area contributed by atoms with Crippen molar-refractivity contribution in [3.05, 3.63) is 42.4 Å². The van der Waals surface area contributed by atoms with Crippen molar-refractivity contribution >= 4 is 11.7 Å². The summed E-state index contributed by atoms with van der Waals surface area (Å²) in [6, 6.07) is 6.24. The molecule has 1 amide bonds. The van der Waals surface area contributed by atoms with Crippen molar-refractivity contribution in [1.29, 1.82) is 0 Å². The van der Waals surface area contributed by atoms with E-state index in [1.165, 1.54) is 0 Å². The molecule has 6 heteroatoms. The summed E-state index contributed by atoms with van der Waals surface area (Å²) in [5.41, 5.74) is 0.650. The van der Waals surface area contributed by atoms with Gasteiger partial charge >= 0.3 is 0 Å². The summed E-state index contributed by atoms with van der Waals surface area (Å²) >= 11 is 0. The van der Waals surface area contributed by atoms with Crippen molar-refractivity contribution in [2.24, 2.45) is 7.05 Å². The molecule has 2 aromatic rings. The Balaban J connectivity index is 1.60. The first-order chi connectivity index (χ1) is 10.6. The van der Waals surface area contributed by atoms with Crippen molar-refractivity contribution in [3.63, 3.8) is 0 Å². The number of anilines is 1. The van der Waals surface area contributed by atoms with Gasteiger partial charge in [0.1, 0.15) is 5.82 Å². The van der Waals surface area contributed by atoms with E-state index in [4.69, 9.17) is 0 Å². The molecule has 22 heavy (non-hydrogen) atoms. The van der Waals surface area contributed by atoms with E-state index < -0.39 is 0 Å². The van der Waals surface area contributed by atoms with Crippen LogP contribution in [0, 0.1) is 0 Å². The van der Waals surface area contributed by atoms with Crippen LogP contribution in [0.2, 0.25) is 0 Å². The highest BCUT2D eigenvalue weighted by Gasteiger charge is 2.26. The Morgan fingerprint density at radius 1 is 1.32 bits per heavy atom. The van der Waals surface area contributed by atoms with Crippen LogP contribution < -0.4 is 4.90 Å². The molecular weight excluding hydrogens is 278 g/mol. The molecule has 1 aliphatic rings. The zero-order valence-corrected chi connectivity index (χ0v) is 13.0. The van der Waals surface area contributed by atoms with Crippen LogP contribution in [0.1, 0.15) is 23.2 Å². The second-order valence-corrected chi connectivity index (χ2v) is 5.72. The first-order valence-electron chi connectivity index (χ1n) is 7.57. The van der Waals surface area contributed by atoms with Gasteiger partial charge in [0.2, 0.25) is 0 Å². The number of nitrogens with zero attached hydrogens (tertiary/aromatic N) is 5. The first kappa shape index (κ1) is 14.6. The normalized spacial score (nSPS) is 15.8. The minimum atomic E-state index is 0.0457. The topological polar surface area (TPSA) is 54.3 Å². The summed E-state index contributed by atoms with van der Waals surface area (Å²) in [7, 11) is 3.71. The summed E-state index contributed by atoms with van der Waals surface area (Å²) in [5.74, 6) is 1.06. The van der Waals surface area contributed by atoms with Crippen LogP contribution in [0.3, 0.4) is 0 Å². The number of amides is 1. The molecule has 1 saturated heterocycles. The quantitative estimate of drug-likeness (QED) is 0.863. The van der Waals surface area contributed by atoms with Gasteiger partial charge in [-0.05, 0) is 25.0 Å². The number of hydrogen-bond acceptors (Lipinski definition) is 4. The Morgan fingerprint density at radius 3 is 2.68 bits per heavy atom. The molecule has 3 heterocycles. The third kappa shape index (κ3) is 2.95. The molecule has 0 saturated carbocycles. The molecule has 0 atom stereocenters. The molecule has 0 unspecified atom stereocenters. The van der Waals surface area contributed by atoms with Crippen LogP contribution >= 0.6 is 0 Å². The highest BCUT2D eigenvalue weighted by atomic mass is 16.2. The zero-order valence-electron chi connectivity index (χ0n) is 13.0. The Bertz CT molecular complexity index is 631. The number of aromatic nitrogens is 3. The summed E-state index contributed by atoms with van der Waals surface area (Å²) in [6.07, 6.45) is 7.13. The molecule has 0 N–H and O–H groups in total. The number of aryl methyl sites for hydroxylation is 1. The van der Waals surface area contributed by atoms with Gasteiger partial charge in [0.05, 0.1) is 11.8 Å². The highest BCUT2D eigenvalue weighted by molar-refractivity contribution is 5.93. The largest absolute Gasteiger partial charge is 0.356 e. The number of hydrogen-bond donors (Lipinski definition) is 0. The van der Waals surface area contributed by atoms with Crippen LogP contribution in [0.15, 0.2) is 36.8 Å². The maximum atomic E-state index is 12.5. The lowest BCUT2D eigenvalue weighted by molar-refractivity contribution is 0.0709. The van der Waals surface area contributed by atoms with Gasteiger partial charge in [0.25, 0.3) is 5.91 Å². The molecule has 0 aromatic carbocycles. The van der Waals surface area contributed by atoms with Crippen LogP contribution in [0.4, 0.5) is 5.82 Å². The van der Waals surface area contributed by atoms with Crippen LogP contribution in [-0.2, 0) is 7.05 Å². The Labute approximate surface area is 130 Å². The average Bonchev–Trinajstić information content (AvgIpc) is 3.01. The molecule has 0 aliphatic carbocycles. The summed E-state index contributed by atoms with van der Waals surface area (Å²) in [6.45, 7) is 1.85. The van der Waals surface area contributed by atoms with E-state index in [0.29, 0.717) is 5.56 Å². The van der Waals surface area contributed by atoms with Crippen molar-refractivity contribution < 1.29 is 4.79 Å². The molecular formula is C16H21N5O. The highest BCUT2D eigenvalue weighted by Crippen LogP contribution is 2.21. The number of pyridine rings is 1. The lowest BCUT2D eigenvalue weighted by Crippen LogP contribution is -2.45. The molecule has 6 nitrogen and oxygen atoms in total. The smallest absolute Gasteiger partial charge is 0.257 e. The van der Waals surface area contributed by atoms with E-state index in [-0.39, 0.29) is 11.9 Å². The predicted octanol–water partition coefficient (Wildman–Crippen LogP) is 1.56. The Hall–Kier alpha value is -2.37. The summed E-state index contributed by atoms with van der Waals surface area (Å²) in [4.78, 5) is 21.0. The number of rotatable bonds is 3. The molecule has 0 bridgehead atoms. The molecule has 0 spiro atoms. The van der Waals surface area contributed by atoms with Gasteiger partial charge in [0.15, 0.2) is 0 Å². The fourth-order valence-electron chi connectivity index (χ4n) is 2.92. The van der Waals surface area contributed by atoms with Crippen molar-refractivity contribution in [1.82, 2.24) is 19.7 Å². The SMILES string of the molecule is CN(C(=O)c1cnn(C)c1)C1CCN(c2ccccn2)CC1. The Morgan fingerprint density at radius 2 is 2.09 bits per heavy atom.